The first-order valence-electron chi connectivity index (χ1n) is 10.1. The largest absolute Gasteiger partial charge is 0.346 e. The summed E-state index contributed by atoms with van der Waals surface area (Å²) in [7, 11) is -2.38. The first-order valence-corrected chi connectivity index (χ1v) is 12.0. The Morgan fingerprint density at radius 3 is 2.67 bits per heavy atom. The zero-order valence-electron chi connectivity index (χ0n) is 17.8. The molecule has 0 unspecified atom stereocenters. The maximum atomic E-state index is 12.5. The molecule has 2 heterocycles. The van der Waals surface area contributed by atoms with Crippen molar-refractivity contribution in [2.45, 2.75) is 11.3 Å². The molecule has 2 aromatic carbocycles. The number of primary sulfonamides is 1. The molecule has 3 N–H and O–H groups in total. The zero-order valence-corrected chi connectivity index (χ0v) is 19.4. The summed E-state index contributed by atoms with van der Waals surface area (Å²) in [5, 5.41) is 9.50. The van der Waals surface area contributed by atoms with Crippen molar-refractivity contribution in [3.63, 3.8) is 0 Å². The lowest BCUT2D eigenvalue weighted by atomic mass is 10.1. The minimum Gasteiger partial charge on any atom is -0.346 e. The number of hydrogen-bond donors (Lipinski definition) is 2. The number of piperazine rings is 1. The van der Waals surface area contributed by atoms with E-state index < -0.39 is 10.0 Å². The normalized spacial score (nSPS) is 14.6. The van der Waals surface area contributed by atoms with Crippen LogP contribution in [0.4, 0.5) is 11.5 Å². The standard InChI is InChI=1S/C22H22ClN5O4S/c1-27-6-7-28(13-22(27)30)20-11-17-15(12-25-20)8-16(10-19(17)33(24,31)32)26-21(29)9-14-4-2-3-5-18(14)23/h2-5,8,10-12H,6-7,9,13H2,1H3,(H,26,29)(H2,24,31,32). The highest BCUT2D eigenvalue weighted by Gasteiger charge is 2.23. The number of amides is 2. The minimum atomic E-state index is -4.11. The number of hydrogen-bond acceptors (Lipinski definition) is 6. The smallest absolute Gasteiger partial charge is 0.241 e. The van der Waals surface area contributed by atoms with Crippen LogP contribution in [0.15, 0.2) is 53.6 Å². The monoisotopic (exact) mass is 487 g/mol. The number of rotatable bonds is 5. The Hall–Kier alpha value is -3.21. The van der Waals surface area contributed by atoms with Gasteiger partial charge in [0.15, 0.2) is 0 Å². The fourth-order valence-electron chi connectivity index (χ4n) is 3.67. The molecule has 1 fully saturated rings. The van der Waals surface area contributed by atoms with Crippen LogP contribution in [0.2, 0.25) is 5.02 Å². The average molecular weight is 488 g/mol. The number of carbonyl (C=O) groups excluding carboxylic acids is 2. The summed E-state index contributed by atoms with van der Waals surface area (Å²) in [6, 6.07) is 11.5. The van der Waals surface area contributed by atoms with Crippen molar-refractivity contribution in [2.75, 3.05) is 36.9 Å². The van der Waals surface area contributed by atoms with Crippen molar-refractivity contribution in [1.82, 2.24) is 9.88 Å². The number of carbonyl (C=O) groups is 2. The number of benzene rings is 2. The van der Waals surface area contributed by atoms with E-state index in [-0.39, 0.29) is 35.4 Å². The SMILES string of the molecule is CN1CCN(c2cc3c(S(N)(=O)=O)cc(NC(=O)Cc4ccccc4Cl)cc3cn2)CC1=O. The third kappa shape index (κ3) is 5.08. The molecular formula is C22H22ClN5O4S. The lowest BCUT2D eigenvalue weighted by Crippen LogP contribution is -2.48. The van der Waals surface area contributed by atoms with Gasteiger partial charge in [-0.15, -0.1) is 0 Å². The molecule has 172 valence electrons. The van der Waals surface area contributed by atoms with Crippen LogP contribution in [0.25, 0.3) is 10.8 Å². The fourth-order valence-corrected chi connectivity index (χ4v) is 4.64. The number of nitrogens with two attached hydrogens (primary N) is 1. The van der Waals surface area contributed by atoms with E-state index in [1.807, 2.05) is 0 Å². The molecule has 0 atom stereocenters. The van der Waals surface area contributed by atoms with Crippen LogP contribution in [0.5, 0.6) is 0 Å². The Bertz CT molecular complexity index is 1360. The highest BCUT2D eigenvalue weighted by Crippen LogP contribution is 2.30. The second-order valence-corrected chi connectivity index (χ2v) is 9.77. The predicted octanol–water partition coefficient (Wildman–Crippen LogP) is 2.00. The van der Waals surface area contributed by atoms with E-state index in [1.165, 1.54) is 12.3 Å². The van der Waals surface area contributed by atoms with Gasteiger partial charge in [0, 0.05) is 47.8 Å². The molecule has 1 aliphatic rings. The first-order chi connectivity index (χ1) is 15.6. The van der Waals surface area contributed by atoms with E-state index in [1.54, 1.807) is 53.2 Å². The van der Waals surface area contributed by atoms with Crippen LogP contribution in [0.3, 0.4) is 0 Å². The molecule has 1 aromatic heterocycles. The molecule has 33 heavy (non-hydrogen) atoms. The second-order valence-electron chi connectivity index (χ2n) is 7.84. The Balaban J connectivity index is 1.66. The maximum Gasteiger partial charge on any atom is 0.241 e. The van der Waals surface area contributed by atoms with Crippen LogP contribution >= 0.6 is 11.6 Å². The van der Waals surface area contributed by atoms with E-state index in [0.717, 1.165) is 0 Å². The number of pyridine rings is 1. The van der Waals surface area contributed by atoms with Crippen molar-refractivity contribution in [3.8, 4) is 0 Å². The van der Waals surface area contributed by atoms with E-state index in [2.05, 4.69) is 10.3 Å². The van der Waals surface area contributed by atoms with Crippen molar-refractivity contribution < 1.29 is 18.0 Å². The Labute approximate surface area is 196 Å². The van der Waals surface area contributed by atoms with Gasteiger partial charge in [-0.3, -0.25) is 9.59 Å². The molecule has 0 bridgehead atoms. The van der Waals surface area contributed by atoms with Crippen molar-refractivity contribution in [3.05, 3.63) is 59.2 Å². The van der Waals surface area contributed by atoms with Crippen molar-refractivity contribution >= 4 is 55.7 Å². The van der Waals surface area contributed by atoms with Gasteiger partial charge in [-0.25, -0.2) is 18.5 Å². The minimum absolute atomic E-state index is 0.0248. The summed E-state index contributed by atoms with van der Waals surface area (Å²) in [6.07, 6.45) is 1.53. The van der Waals surface area contributed by atoms with Gasteiger partial charge in [0.1, 0.15) is 5.82 Å². The highest BCUT2D eigenvalue weighted by molar-refractivity contribution is 7.89. The second kappa shape index (κ2) is 8.97. The zero-order chi connectivity index (χ0) is 23.8. The van der Waals surface area contributed by atoms with Gasteiger partial charge in [0.25, 0.3) is 0 Å². The average Bonchev–Trinajstić information content (AvgIpc) is 2.76. The van der Waals surface area contributed by atoms with Gasteiger partial charge in [0.2, 0.25) is 21.8 Å². The van der Waals surface area contributed by atoms with E-state index in [4.69, 9.17) is 16.7 Å². The van der Waals surface area contributed by atoms with E-state index in [0.29, 0.717) is 40.3 Å². The van der Waals surface area contributed by atoms with Gasteiger partial charge < -0.3 is 15.1 Å². The van der Waals surface area contributed by atoms with Gasteiger partial charge in [-0.2, -0.15) is 0 Å². The molecule has 3 aromatic rings. The topological polar surface area (TPSA) is 126 Å². The Morgan fingerprint density at radius 1 is 1.21 bits per heavy atom. The predicted molar refractivity (Wildman–Crippen MR) is 127 cm³/mol. The third-order valence-corrected chi connectivity index (χ3v) is 6.78. The molecule has 1 aliphatic heterocycles. The molecule has 9 nitrogen and oxygen atoms in total. The Morgan fingerprint density at radius 2 is 1.97 bits per heavy atom. The number of sulfonamides is 1. The van der Waals surface area contributed by atoms with Gasteiger partial charge in [0.05, 0.1) is 17.9 Å². The molecule has 0 saturated carbocycles. The molecule has 4 rings (SSSR count). The molecule has 11 heteroatoms. The summed E-state index contributed by atoms with van der Waals surface area (Å²) in [4.78, 5) is 32.3. The lowest BCUT2D eigenvalue weighted by molar-refractivity contribution is -0.129. The Kier molecular flexibility index (Phi) is 6.24. The van der Waals surface area contributed by atoms with Gasteiger partial charge in [-0.05, 0) is 29.8 Å². The number of fused-ring (bicyclic) bond motifs is 1. The third-order valence-electron chi connectivity index (χ3n) is 5.46. The summed E-state index contributed by atoms with van der Waals surface area (Å²) < 4.78 is 24.7. The summed E-state index contributed by atoms with van der Waals surface area (Å²) in [5.41, 5.74) is 0.921. The molecule has 1 saturated heterocycles. The molecule has 0 spiro atoms. The summed E-state index contributed by atoms with van der Waals surface area (Å²) in [6.45, 7) is 1.26. The van der Waals surface area contributed by atoms with Gasteiger partial charge >= 0.3 is 0 Å². The van der Waals surface area contributed by atoms with E-state index >= 15 is 0 Å². The van der Waals surface area contributed by atoms with Crippen LogP contribution in [0, 0.1) is 0 Å². The van der Waals surface area contributed by atoms with E-state index in [9.17, 15) is 18.0 Å². The quantitative estimate of drug-likeness (QED) is 0.567. The van der Waals surface area contributed by atoms with Gasteiger partial charge in [-0.1, -0.05) is 29.8 Å². The number of halogens is 1. The van der Waals surface area contributed by atoms with Crippen LogP contribution < -0.4 is 15.4 Å². The maximum absolute atomic E-state index is 12.5. The summed E-state index contributed by atoms with van der Waals surface area (Å²) >= 11 is 6.12. The number of nitrogens with one attached hydrogen (secondary N) is 1. The molecular weight excluding hydrogens is 466 g/mol. The van der Waals surface area contributed by atoms with Crippen molar-refractivity contribution in [1.29, 1.82) is 0 Å². The van der Waals surface area contributed by atoms with Crippen LogP contribution in [-0.4, -0.2) is 56.8 Å². The lowest BCUT2D eigenvalue weighted by Gasteiger charge is -2.32. The molecule has 0 aliphatic carbocycles. The van der Waals surface area contributed by atoms with Crippen LogP contribution in [-0.2, 0) is 26.0 Å². The molecule has 0 radical (unpaired) electrons. The fraction of sp³-hybridized carbons (Fsp3) is 0.227. The summed E-state index contributed by atoms with van der Waals surface area (Å²) in [5.74, 6) is 0.0686. The van der Waals surface area contributed by atoms with Crippen molar-refractivity contribution in [2.24, 2.45) is 5.14 Å². The number of aromatic nitrogens is 1. The number of likely N-dealkylation sites (N-methyl/N-ethyl adjacent to an activating group) is 1. The van der Waals surface area contributed by atoms with Crippen LogP contribution in [0.1, 0.15) is 5.56 Å². The number of anilines is 2. The molecule has 2 amide bonds. The highest BCUT2D eigenvalue weighted by atomic mass is 35.5. The number of nitrogens with zero attached hydrogens (tertiary/aromatic N) is 3. The first kappa shape index (κ1) is 23.0.